The first kappa shape index (κ1) is 15.2. The molecular formula is C17H20FNO2. The zero-order valence-corrected chi connectivity index (χ0v) is 12.5. The van der Waals surface area contributed by atoms with E-state index >= 15 is 0 Å². The molecule has 0 fully saturated rings. The molecule has 0 aromatic heterocycles. The van der Waals surface area contributed by atoms with Crippen LogP contribution in [0.25, 0.3) is 0 Å². The predicted octanol–water partition coefficient (Wildman–Crippen LogP) is 4.41. The standard InChI is InChI=1S/C17H20FNO2/c1-4-21-17-10-13(18)6-7-15(17)19-12(3)14-9-11(2)5-8-16(14)20/h5-10,12,19-20H,4H2,1-3H3. The molecule has 0 aliphatic heterocycles. The van der Waals surface area contributed by atoms with E-state index in [1.807, 2.05) is 32.9 Å². The first-order chi connectivity index (χ1) is 10.0. The number of phenolic OH excluding ortho intramolecular Hbond substituents is 1. The number of benzene rings is 2. The summed E-state index contributed by atoms with van der Waals surface area (Å²) in [6, 6.07) is 9.71. The van der Waals surface area contributed by atoms with Crippen LogP contribution in [0.3, 0.4) is 0 Å². The monoisotopic (exact) mass is 289 g/mol. The van der Waals surface area contributed by atoms with E-state index in [1.54, 1.807) is 12.1 Å². The lowest BCUT2D eigenvalue weighted by molar-refractivity contribution is 0.339. The fourth-order valence-electron chi connectivity index (χ4n) is 2.22. The number of ether oxygens (including phenoxy) is 1. The van der Waals surface area contributed by atoms with E-state index in [4.69, 9.17) is 4.74 Å². The van der Waals surface area contributed by atoms with Gasteiger partial charge in [0.05, 0.1) is 18.3 Å². The van der Waals surface area contributed by atoms with Crippen LogP contribution in [0.5, 0.6) is 11.5 Å². The zero-order chi connectivity index (χ0) is 15.4. The van der Waals surface area contributed by atoms with Gasteiger partial charge in [0.1, 0.15) is 17.3 Å². The van der Waals surface area contributed by atoms with Crippen molar-refractivity contribution in [3.8, 4) is 11.5 Å². The Kier molecular flexibility index (Phi) is 4.68. The van der Waals surface area contributed by atoms with Gasteiger partial charge in [-0.3, -0.25) is 0 Å². The molecule has 0 bridgehead atoms. The predicted molar refractivity (Wildman–Crippen MR) is 82.5 cm³/mol. The molecule has 0 saturated carbocycles. The Bertz CT molecular complexity index is 628. The van der Waals surface area contributed by atoms with Crippen LogP contribution in [0, 0.1) is 12.7 Å². The fourth-order valence-corrected chi connectivity index (χ4v) is 2.22. The summed E-state index contributed by atoms with van der Waals surface area (Å²) in [5, 5.41) is 13.2. The summed E-state index contributed by atoms with van der Waals surface area (Å²) in [6.45, 7) is 6.22. The number of anilines is 1. The molecule has 21 heavy (non-hydrogen) atoms. The highest BCUT2D eigenvalue weighted by molar-refractivity contribution is 5.58. The molecule has 2 N–H and O–H groups in total. The van der Waals surface area contributed by atoms with Crippen molar-refractivity contribution < 1.29 is 14.2 Å². The van der Waals surface area contributed by atoms with Gasteiger partial charge in [0.15, 0.2) is 0 Å². The lowest BCUT2D eigenvalue weighted by Gasteiger charge is -2.19. The minimum Gasteiger partial charge on any atom is -0.508 e. The van der Waals surface area contributed by atoms with Crippen molar-refractivity contribution in [1.29, 1.82) is 0 Å². The van der Waals surface area contributed by atoms with Gasteiger partial charge in [0.2, 0.25) is 0 Å². The second-order valence-electron chi connectivity index (χ2n) is 5.00. The van der Waals surface area contributed by atoms with Crippen molar-refractivity contribution in [2.24, 2.45) is 0 Å². The van der Waals surface area contributed by atoms with Gasteiger partial charge in [-0.25, -0.2) is 4.39 Å². The van der Waals surface area contributed by atoms with Crippen LogP contribution in [-0.2, 0) is 0 Å². The van der Waals surface area contributed by atoms with Gasteiger partial charge in [-0.05, 0) is 39.0 Å². The largest absolute Gasteiger partial charge is 0.508 e. The van der Waals surface area contributed by atoms with Crippen LogP contribution in [0.2, 0.25) is 0 Å². The number of hydrogen-bond donors (Lipinski definition) is 2. The van der Waals surface area contributed by atoms with Gasteiger partial charge in [-0.15, -0.1) is 0 Å². The third-order valence-electron chi connectivity index (χ3n) is 3.27. The molecule has 4 heteroatoms. The van der Waals surface area contributed by atoms with Gasteiger partial charge >= 0.3 is 0 Å². The molecule has 0 aliphatic rings. The number of nitrogens with one attached hydrogen (secondary N) is 1. The molecule has 3 nitrogen and oxygen atoms in total. The van der Waals surface area contributed by atoms with E-state index in [-0.39, 0.29) is 17.6 Å². The maximum absolute atomic E-state index is 13.3. The number of halogens is 1. The second-order valence-corrected chi connectivity index (χ2v) is 5.00. The van der Waals surface area contributed by atoms with Crippen molar-refractivity contribution in [2.75, 3.05) is 11.9 Å². The number of aryl methyl sites for hydroxylation is 1. The maximum atomic E-state index is 13.3. The van der Waals surface area contributed by atoms with Crippen LogP contribution in [-0.4, -0.2) is 11.7 Å². The van der Waals surface area contributed by atoms with Crippen LogP contribution in [0.1, 0.15) is 31.0 Å². The van der Waals surface area contributed by atoms with Crippen LogP contribution in [0.15, 0.2) is 36.4 Å². The molecule has 1 atom stereocenters. The van der Waals surface area contributed by atoms with Crippen LogP contribution in [0.4, 0.5) is 10.1 Å². The minimum atomic E-state index is -0.338. The molecule has 2 rings (SSSR count). The average Bonchev–Trinajstić information content (AvgIpc) is 2.44. The van der Waals surface area contributed by atoms with Crippen LogP contribution >= 0.6 is 0 Å². The molecule has 0 aliphatic carbocycles. The molecule has 0 amide bonds. The van der Waals surface area contributed by atoms with Gasteiger partial charge < -0.3 is 15.2 Å². The number of rotatable bonds is 5. The van der Waals surface area contributed by atoms with Crippen molar-refractivity contribution >= 4 is 5.69 Å². The molecule has 0 radical (unpaired) electrons. The normalized spacial score (nSPS) is 12.0. The van der Waals surface area contributed by atoms with Crippen molar-refractivity contribution in [3.05, 3.63) is 53.3 Å². The van der Waals surface area contributed by atoms with E-state index < -0.39 is 0 Å². The Hall–Kier alpha value is -2.23. The average molecular weight is 289 g/mol. The number of hydrogen-bond acceptors (Lipinski definition) is 3. The summed E-state index contributed by atoms with van der Waals surface area (Å²) in [4.78, 5) is 0. The molecule has 0 heterocycles. The summed E-state index contributed by atoms with van der Waals surface area (Å²) in [5.41, 5.74) is 2.56. The molecule has 1 unspecified atom stereocenters. The highest BCUT2D eigenvalue weighted by Gasteiger charge is 2.13. The van der Waals surface area contributed by atoms with E-state index in [0.717, 1.165) is 11.1 Å². The molecular weight excluding hydrogens is 269 g/mol. The summed E-state index contributed by atoms with van der Waals surface area (Å²) in [5.74, 6) is 0.368. The third kappa shape index (κ3) is 3.66. The van der Waals surface area contributed by atoms with Gasteiger partial charge in [0, 0.05) is 11.6 Å². The van der Waals surface area contributed by atoms with Crippen LogP contribution < -0.4 is 10.1 Å². The van der Waals surface area contributed by atoms with E-state index in [9.17, 15) is 9.50 Å². The highest BCUT2D eigenvalue weighted by Crippen LogP contribution is 2.32. The second kappa shape index (κ2) is 6.48. The topological polar surface area (TPSA) is 41.5 Å². The maximum Gasteiger partial charge on any atom is 0.145 e. The van der Waals surface area contributed by atoms with E-state index in [0.29, 0.717) is 18.0 Å². The fraction of sp³-hybridized carbons (Fsp3) is 0.294. The third-order valence-corrected chi connectivity index (χ3v) is 3.27. The summed E-state index contributed by atoms with van der Waals surface area (Å²) >= 11 is 0. The van der Waals surface area contributed by atoms with E-state index in [2.05, 4.69) is 5.32 Å². The summed E-state index contributed by atoms with van der Waals surface area (Å²) in [6.07, 6.45) is 0. The first-order valence-electron chi connectivity index (χ1n) is 6.99. The smallest absolute Gasteiger partial charge is 0.145 e. The number of phenols is 1. The minimum absolute atomic E-state index is 0.130. The molecule has 0 saturated heterocycles. The van der Waals surface area contributed by atoms with Crippen molar-refractivity contribution in [1.82, 2.24) is 0 Å². The lowest BCUT2D eigenvalue weighted by atomic mass is 10.0. The highest BCUT2D eigenvalue weighted by atomic mass is 19.1. The SMILES string of the molecule is CCOc1cc(F)ccc1NC(C)c1cc(C)ccc1O. The van der Waals surface area contributed by atoms with Gasteiger partial charge in [0.25, 0.3) is 0 Å². The zero-order valence-electron chi connectivity index (χ0n) is 12.5. The number of aromatic hydroxyl groups is 1. The van der Waals surface area contributed by atoms with E-state index in [1.165, 1.54) is 12.1 Å². The van der Waals surface area contributed by atoms with Gasteiger partial charge in [-0.2, -0.15) is 0 Å². The molecule has 2 aromatic rings. The first-order valence-corrected chi connectivity index (χ1v) is 6.99. The Labute approximate surface area is 124 Å². The molecule has 2 aromatic carbocycles. The van der Waals surface area contributed by atoms with Crippen molar-refractivity contribution in [2.45, 2.75) is 26.8 Å². The quantitative estimate of drug-likeness (QED) is 0.856. The summed E-state index contributed by atoms with van der Waals surface area (Å²) < 4.78 is 18.7. The lowest BCUT2D eigenvalue weighted by Crippen LogP contribution is -2.09. The van der Waals surface area contributed by atoms with Crippen molar-refractivity contribution in [3.63, 3.8) is 0 Å². The van der Waals surface area contributed by atoms with Gasteiger partial charge in [-0.1, -0.05) is 17.7 Å². The Morgan fingerprint density at radius 3 is 2.71 bits per heavy atom. The summed E-state index contributed by atoms with van der Waals surface area (Å²) in [7, 11) is 0. The Morgan fingerprint density at radius 2 is 2.00 bits per heavy atom. The molecule has 112 valence electrons. The Morgan fingerprint density at radius 1 is 1.24 bits per heavy atom. The molecule has 0 spiro atoms. The Balaban J connectivity index is 2.26.